The number of imidazole rings is 1. The lowest BCUT2D eigenvalue weighted by Crippen LogP contribution is -2.46. The first kappa shape index (κ1) is 16.4. The lowest BCUT2D eigenvalue weighted by molar-refractivity contribution is -0.117. The number of benzene rings is 1. The van der Waals surface area contributed by atoms with E-state index in [1.165, 1.54) is 0 Å². The second-order valence-electron chi connectivity index (χ2n) is 7.13. The van der Waals surface area contributed by atoms with Crippen LogP contribution in [0.2, 0.25) is 0 Å². The molecule has 2 aliphatic rings. The van der Waals surface area contributed by atoms with Gasteiger partial charge in [0.25, 0.3) is 5.91 Å². The molecule has 136 valence electrons. The summed E-state index contributed by atoms with van der Waals surface area (Å²) in [6.07, 6.45) is 5.44. The Morgan fingerprint density at radius 2 is 2.11 bits per heavy atom. The van der Waals surface area contributed by atoms with Gasteiger partial charge in [0.15, 0.2) is 11.5 Å². The fourth-order valence-corrected chi connectivity index (χ4v) is 4.14. The summed E-state index contributed by atoms with van der Waals surface area (Å²) < 4.78 is 2.57. The fraction of sp³-hybridized carbons (Fsp3) is 0.263. The summed E-state index contributed by atoms with van der Waals surface area (Å²) in [6.45, 7) is 0.594. The van der Waals surface area contributed by atoms with Crippen LogP contribution in [0.25, 0.3) is 5.65 Å². The molecule has 1 aromatic carbocycles. The number of halogens is 1. The topological polar surface area (TPSA) is 79.6 Å². The number of carbonyl (C=O) groups is 2. The summed E-state index contributed by atoms with van der Waals surface area (Å²) >= 11 is 3.49. The van der Waals surface area contributed by atoms with Crippen LogP contribution in [0.3, 0.4) is 0 Å². The minimum absolute atomic E-state index is 0.00126. The molecule has 0 saturated heterocycles. The van der Waals surface area contributed by atoms with Gasteiger partial charge in [0.05, 0.1) is 0 Å². The van der Waals surface area contributed by atoms with Crippen LogP contribution in [0, 0.1) is 0 Å². The fourth-order valence-electron chi connectivity index (χ4n) is 3.78. The van der Waals surface area contributed by atoms with Gasteiger partial charge in [-0.3, -0.25) is 9.59 Å². The third kappa shape index (κ3) is 2.80. The summed E-state index contributed by atoms with van der Waals surface area (Å²) in [6, 6.07) is 9.25. The first-order valence-corrected chi connectivity index (χ1v) is 9.53. The van der Waals surface area contributed by atoms with Gasteiger partial charge in [-0.1, -0.05) is 15.9 Å². The average Bonchev–Trinajstić information content (AvgIpc) is 3.26. The van der Waals surface area contributed by atoms with Crippen molar-refractivity contribution in [2.24, 2.45) is 0 Å². The standard InChI is InChI=1S/C19H16BrN5O2/c20-12-1-2-13-14(9-12)19(5-6-19)11-24(18(13)27)10-17(26)22-15-3-4-16-21-7-8-25(16)23-15/h1-4,7-9H,5-6,10-11H2,(H,22,23,26). The minimum Gasteiger partial charge on any atom is -0.328 e. The van der Waals surface area contributed by atoms with E-state index in [1.54, 1.807) is 33.9 Å². The predicted octanol–water partition coefficient (Wildman–Crippen LogP) is 2.62. The minimum atomic E-state index is -0.258. The van der Waals surface area contributed by atoms with Gasteiger partial charge >= 0.3 is 0 Å². The average molecular weight is 426 g/mol. The smallest absolute Gasteiger partial charge is 0.254 e. The third-order valence-corrected chi connectivity index (χ3v) is 5.77. The Kier molecular flexibility index (Phi) is 3.58. The maximum atomic E-state index is 12.9. The number of hydrogen-bond acceptors (Lipinski definition) is 4. The highest BCUT2D eigenvalue weighted by Crippen LogP contribution is 2.52. The second-order valence-corrected chi connectivity index (χ2v) is 8.04. The van der Waals surface area contributed by atoms with Crippen molar-refractivity contribution in [2.75, 3.05) is 18.4 Å². The molecule has 3 aromatic rings. The number of nitrogens with one attached hydrogen (secondary N) is 1. The van der Waals surface area contributed by atoms with Crippen molar-refractivity contribution in [1.82, 2.24) is 19.5 Å². The molecule has 1 fully saturated rings. The van der Waals surface area contributed by atoms with Gasteiger partial charge < -0.3 is 10.2 Å². The van der Waals surface area contributed by atoms with Crippen molar-refractivity contribution in [2.45, 2.75) is 18.3 Å². The Morgan fingerprint density at radius 1 is 1.26 bits per heavy atom. The Labute approximate surface area is 163 Å². The van der Waals surface area contributed by atoms with Crippen molar-refractivity contribution in [3.8, 4) is 0 Å². The van der Waals surface area contributed by atoms with Crippen molar-refractivity contribution >= 4 is 39.2 Å². The quantitative estimate of drug-likeness (QED) is 0.699. The highest BCUT2D eigenvalue weighted by molar-refractivity contribution is 9.10. The van der Waals surface area contributed by atoms with Gasteiger partial charge in [-0.15, -0.1) is 5.10 Å². The number of carbonyl (C=O) groups excluding carboxylic acids is 2. The van der Waals surface area contributed by atoms with Gasteiger partial charge in [0.2, 0.25) is 5.91 Å². The molecule has 1 aliphatic heterocycles. The zero-order valence-electron chi connectivity index (χ0n) is 14.4. The molecule has 8 heteroatoms. The molecule has 27 heavy (non-hydrogen) atoms. The molecular formula is C19H16BrN5O2. The van der Waals surface area contributed by atoms with E-state index in [4.69, 9.17) is 0 Å². The number of aromatic nitrogens is 3. The normalized spacial score (nSPS) is 17.2. The van der Waals surface area contributed by atoms with E-state index in [2.05, 4.69) is 31.3 Å². The van der Waals surface area contributed by atoms with E-state index in [0.717, 1.165) is 22.9 Å². The first-order chi connectivity index (χ1) is 13.0. The highest BCUT2D eigenvalue weighted by Gasteiger charge is 2.51. The van der Waals surface area contributed by atoms with Gasteiger partial charge in [0.1, 0.15) is 6.54 Å². The predicted molar refractivity (Wildman–Crippen MR) is 103 cm³/mol. The van der Waals surface area contributed by atoms with Crippen LogP contribution in [-0.4, -0.2) is 44.4 Å². The van der Waals surface area contributed by atoms with Crippen molar-refractivity contribution in [3.05, 3.63) is 58.3 Å². The Balaban J connectivity index is 1.35. The van der Waals surface area contributed by atoms with Gasteiger partial charge in [-0.25, -0.2) is 9.50 Å². The largest absolute Gasteiger partial charge is 0.328 e. The van der Waals surface area contributed by atoms with Crippen molar-refractivity contribution in [3.63, 3.8) is 0 Å². The Hall–Kier alpha value is -2.74. The molecule has 0 atom stereocenters. The molecule has 1 N–H and O–H groups in total. The zero-order chi connectivity index (χ0) is 18.6. The van der Waals surface area contributed by atoms with Gasteiger partial charge in [-0.2, -0.15) is 0 Å². The SMILES string of the molecule is O=C(CN1CC2(CC2)c2cc(Br)ccc2C1=O)Nc1ccc2nccn2n1. The molecule has 0 unspecified atom stereocenters. The van der Waals surface area contributed by atoms with E-state index in [0.29, 0.717) is 23.6 Å². The number of anilines is 1. The number of fused-ring (bicyclic) bond motifs is 3. The van der Waals surface area contributed by atoms with Crippen LogP contribution in [-0.2, 0) is 10.2 Å². The maximum Gasteiger partial charge on any atom is 0.254 e. The summed E-state index contributed by atoms with van der Waals surface area (Å²) in [5.74, 6) is 0.0790. The second kappa shape index (κ2) is 5.88. The van der Waals surface area contributed by atoms with Crippen LogP contribution >= 0.6 is 15.9 Å². The van der Waals surface area contributed by atoms with Crippen LogP contribution in [0.5, 0.6) is 0 Å². The van der Waals surface area contributed by atoms with E-state index in [1.807, 2.05) is 18.2 Å². The van der Waals surface area contributed by atoms with E-state index < -0.39 is 0 Å². The number of nitrogens with zero attached hydrogens (tertiary/aromatic N) is 4. The monoisotopic (exact) mass is 425 g/mol. The molecule has 3 heterocycles. The maximum absolute atomic E-state index is 12.9. The molecule has 0 bridgehead atoms. The van der Waals surface area contributed by atoms with Crippen LogP contribution in [0.4, 0.5) is 5.82 Å². The first-order valence-electron chi connectivity index (χ1n) is 8.74. The van der Waals surface area contributed by atoms with Gasteiger partial charge in [-0.05, 0) is 48.7 Å². The summed E-state index contributed by atoms with van der Waals surface area (Å²) in [4.78, 5) is 31.2. The molecular weight excluding hydrogens is 410 g/mol. The lowest BCUT2D eigenvalue weighted by atomic mass is 9.86. The zero-order valence-corrected chi connectivity index (χ0v) is 15.9. The molecule has 1 saturated carbocycles. The Bertz CT molecular complexity index is 1090. The van der Waals surface area contributed by atoms with Crippen LogP contribution < -0.4 is 5.32 Å². The molecule has 2 amide bonds. The van der Waals surface area contributed by atoms with E-state index >= 15 is 0 Å². The highest BCUT2D eigenvalue weighted by atomic mass is 79.9. The van der Waals surface area contributed by atoms with Crippen LogP contribution in [0.15, 0.2) is 47.2 Å². The molecule has 5 rings (SSSR count). The Morgan fingerprint density at radius 3 is 2.93 bits per heavy atom. The molecule has 7 nitrogen and oxygen atoms in total. The van der Waals surface area contributed by atoms with Crippen molar-refractivity contribution in [1.29, 1.82) is 0 Å². The molecule has 2 aromatic heterocycles. The lowest BCUT2D eigenvalue weighted by Gasteiger charge is -2.34. The molecule has 1 aliphatic carbocycles. The van der Waals surface area contributed by atoms with Crippen molar-refractivity contribution < 1.29 is 9.59 Å². The summed E-state index contributed by atoms with van der Waals surface area (Å²) in [5.41, 5.74) is 2.51. The van der Waals surface area contributed by atoms with Crippen LogP contribution in [0.1, 0.15) is 28.8 Å². The molecule has 1 spiro atoms. The van der Waals surface area contributed by atoms with E-state index in [-0.39, 0.29) is 23.8 Å². The number of hydrogen-bond donors (Lipinski definition) is 1. The number of rotatable bonds is 3. The van der Waals surface area contributed by atoms with E-state index in [9.17, 15) is 9.59 Å². The summed E-state index contributed by atoms with van der Waals surface area (Å²) in [5, 5.41) is 7.06. The molecule has 0 radical (unpaired) electrons. The number of amides is 2. The van der Waals surface area contributed by atoms with Gasteiger partial charge in [0, 0.05) is 34.4 Å². The summed E-state index contributed by atoms with van der Waals surface area (Å²) in [7, 11) is 0. The third-order valence-electron chi connectivity index (χ3n) is 5.27.